The van der Waals surface area contributed by atoms with Crippen LogP contribution in [0, 0.1) is 0 Å². The molecule has 1 N–H and O–H groups in total. The molecule has 4 rings (SSSR count). The SMILES string of the molecule is CCOC(=O)c1ccc(Nc2c3ccccc3nc3c(OC)cccc23)cc1. The van der Waals surface area contributed by atoms with E-state index < -0.39 is 0 Å². The number of carbonyl (C=O) groups is 1. The number of fused-ring (bicyclic) bond motifs is 2. The van der Waals surface area contributed by atoms with E-state index in [1.54, 1.807) is 26.2 Å². The lowest BCUT2D eigenvalue weighted by molar-refractivity contribution is 0.0526. The van der Waals surface area contributed by atoms with E-state index in [1.807, 2.05) is 54.6 Å². The third-order valence-electron chi connectivity index (χ3n) is 4.56. The lowest BCUT2D eigenvalue weighted by atomic mass is 10.1. The Morgan fingerprint density at radius 3 is 2.46 bits per heavy atom. The normalized spacial score (nSPS) is 10.8. The van der Waals surface area contributed by atoms with Crippen molar-refractivity contribution >= 4 is 39.1 Å². The molecule has 0 aliphatic carbocycles. The largest absolute Gasteiger partial charge is 0.494 e. The first-order chi connectivity index (χ1) is 13.7. The second kappa shape index (κ2) is 7.56. The molecule has 0 spiro atoms. The summed E-state index contributed by atoms with van der Waals surface area (Å²) in [6, 6.07) is 21.1. The van der Waals surface area contributed by atoms with Gasteiger partial charge < -0.3 is 14.8 Å². The Morgan fingerprint density at radius 1 is 0.964 bits per heavy atom. The van der Waals surface area contributed by atoms with Crippen LogP contribution in [0.2, 0.25) is 0 Å². The second-order valence-corrected chi connectivity index (χ2v) is 6.28. The second-order valence-electron chi connectivity index (χ2n) is 6.28. The highest BCUT2D eigenvalue weighted by molar-refractivity contribution is 6.10. The number of esters is 1. The molecule has 0 fully saturated rings. The van der Waals surface area contributed by atoms with E-state index in [9.17, 15) is 4.79 Å². The van der Waals surface area contributed by atoms with Crippen LogP contribution in [0.15, 0.2) is 66.7 Å². The predicted octanol–water partition coefficient (Wildman–Crippen LogP) is 5.32. The maximum atomic E-state index is 11.9. The van der Waals surface area contributed by atoms with Crippen molar-refractivity contribution < 1.29 is 14.3 Å². The van der Waals surface area contributed by atoms with Crippen molar-refractivity contribution in [2.75, 3.05) is 19.0 Å². The van der Waals surface area contributed by atoms with Crippen LogP contribution in [0.25, 0.3) is 21.8 Å². The minimum atomic E-state index is -0.321. The number of aromatic nitrogens is 1. The summed E-state index contributed by atoms with van der Waals surface area (Å²) in [6.45, 7) is 2.15. The molecule has 0 radical (unpaired) electrons. The van der Waals surface area contributed by atoms with Crippen LogP contribution in [0.1, 0.15) is 17.3 Å². The van der Waals surface area contributed by atoms with Crippen molar-refractivity contribution in [1.82, 2.24) is 4.98 Å². The van der Waals surface area contributed by atoms with Gasteiger partial charge in [0, 0.05) is 16.5 Å². The van der Waals surface area contributed by atoms with Gasteiger partial charge in [0.2, 0.25) is 0 Å². The maximum Gasteiger partial charge on any atom is 0.338 e. The molecule has 4 aromatic rings. The van der Waals surface area contributed by atoms with Crippen LogP contribution in [0.3, 0.4) is 0 Å². The van der Waals surface area contributed by atoms with Crippen LogP contribution < -0.4 is 10.1 Å². The summed E-state index contributed by atoms with van der Waals surface area (Å²) in [5.74, 6) is 0.405. The minimum absolute atomic E-state index is 0.321. The summed E-state index contributed by atoms with van der Waals surface area (Å²) in [7, 11) is 1.65. The van der Waals surface area contributed by atoms with Crippen LogP contribution in [0.4, 0.5) is 11.4 Å². The van der Waals surface area contributed by atoms with Gasteiger partial charge in [-0.25, -0.2) is 9.78 Å². The average molecular weight is 372 g/mol. The van der Waals surface area contributed by atoms with Crippen molar-refractivity contribution in [3.63, 3.8) is 0 Å². The summed E-state index contributed by atoms with van der Waals surface area (Å²) in [4.78, 5) is 16.7. The van der Waals surface area contributed by atoms with Gasteiger partial charge >= 0.3 is 5.97 Å². The zero-order valence-corrected chi connectivity index (χ0v) is 15.7. The number of ether oxygens (including phenoxy) is 2. The van der Waals surface area contributed by atoms with E-state index in [2.05, 4.69) is 5.32 Å². The molecule has 0 aliphatic rings. The van der Waals surface area contributed by atoms with Gasteiger partial charge in [0.1, 0.15) is 11.3 Å². The molecule has 1 aromatic heterocycles. The first kappa shape index (κ1) is 17.8. The first-order valence-electron chi connectivity index (χ1n) is 9.11. The van der Waals surface area contributed by atoms with E-state index in [4.69, 9.17) is 14.5 Å². The number of hydrogen-bond acceptors (Lipinski definition) is 5. The van der Waals surface area contributed by atoms with Crippen LogP contribution >= 0.6 is 0 Å². The number of carbonyl (C=O) groups excluding carboxylic acids is 1. The van der Waals surface area contributed by atoms with Gasteiger partial charge in [0.05, 0.1) is 30.5 Å². The number of pyridine rings is 1. The molecular weight excluding hydrogens is 352 g/mol. The Morgan fingerprint density at radius 2 is 1.71 bits per heavy atom. The summed E-state index contributed by atoms with van der Waals surface area (Å²) < 4.78 is 10.6. The topological polar surface area (TPSA) is 60.5 Å². The summed E-state index contributed by atoms with van der Waals surface area (Å²) in [6.07, 6.45) is 0. The summed E-state index contributed by atoms with van der Waals surface area (Å²) in [5.41, 5.74) is 4.02. The number of para-hydroxylation sites is 2. The molecule has 5 nitrogen and oxygen atoms in total. The number of benzene rings is 3. The van der Waals surface area contributed by atoms with Crippen LogP contribution in [-0.2, 0) is 4.74 Å². The highest BCUT2D eigenvalue weighted by atomic mass is 16.5. The minimum Gasteiger partial charge on any atom is -0.494 e. The molecule has 1 heterocycles. The van der Waals surface area contributed by atoms with Gasteiger partial charge in [-0.05, 0) is 43.3 Å². The van der Waals surface area contributed by atoms with Crippen molar-refractivity contribution in [2.24, 2.45) is 0 Å². The summed E-state index contributed by atoms with van der Waals surface area (Å²) >= 11 is 0. The molecule has 0 atom stereocenters. The zero-order valence-electron chi connectivity index (χ0n) is 15.7. The van der Waals surface area contributed by atoms with Crippen molar-refractivity contribution in [3.8, 4) is 5.75 Å². The molecule has 0 saturated heterocycles. The molecular formula is C23H20N2O3. The zero-order chi connectivity index (χ0) is 19.5. The third-order valence-corrected chi connectivity index (χ3v) is 4.56. The van der Waals surface area contributed by atoms with Crippen molar-refractivity contribution in [3.05, 3.63) is 72.3 Å². The van der Waals surface area contributed by atoms with Gasteiger partial charge in [-0.15, -0.1) is 0 Å². The molecule has 5 heteroatoms. The lowest BCUT2D eigenvalue weighted by Gasteiger charge is -2.15. The Kier molecular flexibility index (Phi) is 4.81. The lowest BCUT2D eigenvalue weighted by Crippen LogP contribution is -2.04. The van der Waals surface area contributed by atoms with E-state index in [-0.39, 0.29) is 5.97 Å². The fourth-order valence-electron chi connectivity index (χ4n) is 3.24. The van der Waals surface area contributed by atoms with Gasteiger partial charge in [-0.2, -0.15) is 0 Å². The number of rotatable bonds is 5. The van der Waals surface area contributed by atoms with Gasteiger partial charge in [-0.3, -0.25) is 0 Å². The van der Waals surface area contributed by atoms with Gasteiger partial charge in [-0.1, -0.05) is 30.3 Å². The highest BCUT2D eigenvalue weighted by Gasteiger charge is 2.13. The van der Waals surface area contributed by atoms with Crippen molar-refractivity contribution in [2.45, 2.75) is 6.92 Å². The molecule has 0 amide bonds. The van der Waals surface area contributed by atoms with Gasteiger partial charge in [0.15, 0.2) is 0 Å². The Bertz CT molecular complexity index is 1150. The van der Waals surface area contributed by atoms with Gasteiger partial charge in [0.25, 0.3) is 0 Å². The third kappa shape index (κ3) is 3.22. The quantitative estimate of drug-likeness (QED) is 0.380. The summed E-state index contributed by atoms with van der Waals surface area (Å²) in [5, 5.41) is 5.47. The molecule has 140 valence electrons. The average Bonchev–Trinajstić information content (AvgIpc) is 2.74. The number of hydrogen-bond donors (Lipinski definition) is 1. The van der Waals surface area contributed by atoms with Crippen molar-refractivity contribution in [1.29, 1.82) is 0 Å². The fourth-order valence-corrected chi connectivity index (χ4v) is 3.24. The van der Waals surface area contributed by atoms with Crippen LogP contribution in [-0.4, -0.2) is 24.7 Å². The van der Waals surface area contributed by atoms with Crippen LogP contribution in [0.5, 0.6) is 5.75 Å². The standard InChI is InChI=1S/C23H20N2O3/c1-3-28-23(26)15-11-13-16(14-12-15)24-21-17-7-4-5-9-19(17)25-22-18(21)8-6-10-20(22)27-2/h4-14H,3H2,1-2H3,(H,24,25). The smallest absolute Gasteiger partial charge is 0.338 e. The maximum absolute atomic E-state index is 11.9. The number of nitrogens with zero attached hydrogens (tertiary/aromatic N) is 1. The number of nitrogens with one attached hydrogen (secondary N) is 1. The van der Waals surface area contributed by atoms with E-state index in [1.165, 1.54) is 0 Å². The fraction of sp³-hybridized carbons (Fsp3) is 0.130. The Balaban J connectivity index is 1.82. The monoisotopic (exact) mass is 372 g/mol. The Hall–Kier alpha value is -3.60. The number of methoxy groups -OCH3 is 1. The molecule has 0 aliphatic heterocycles. The van der Waals surface area contributed by atoms with E-state index in [0.717, 1.165) is 38.9 Å². The molecule has 0 unspecified atom stereocenters. The predicted molar refractivity (Wildman–Crippen MR) is 111 cm³/mol. The molecule has 3 aromatic carbocycles. The number of anilines is 2. The van der Waals surface area contributed by atoms with E-state index >= 15 is 0 Å². The highest BCUT2D eigenvalue weighted by Crippen LogP contribution is 2.36. The molecule has 0 bridgehead atoms. The molecule has 28 heavy (non-hydrogen) atoms. The van der Waals surface area contributed by atoms with E-state index in [0.29, 0.717) is 12.2 Å². The first-order valence-corrected chi connectivity index (χ1v) is 9.11. The Labute approximate surface area is 162 Å². The molecule has 0 saturated carbocycles.